The molecule has 0 bridgehead atoms. The minimum atomic E-state index is 0.690. The Labute approximate surface area is 116 Å². The number of anilines is 1. The molecule has 0 heterocycles. The highest BCUT2D eigenvalue weighted by Gasteiger charge is 2.03. The first-order valence-electron chi connectivity index (χ1n) is 5.50. The molecule has 2 nitrogen and oxygen atoms in total. The summed E-state index contributed by atoms with van der Waals surface area (Å²) in [5.41, 5.74) is 7.44. The molecule has 0 amide bonds. The van der Waals surface area contributed by atoms with Gasteiger partial charge in [0.25, 0.3) is 0 Å². The summed E-state index contributed by atoms with van der Waals surface area (Å²) >= 11 is 7.85. The van der Waals surface area contributed by atoms with Gasteiger partial charge in [0.05, 0.1) is 7.11 Å². The molecule has 0 aliphatic heterocycles. The van der Waals surface area contributed by atoms with Crippen LogP contribution in [0.4, 0.5) is 5.69 Å². The fourth-order valence-electron chi connectivity index (χ4n) is 1.53. The number of methoxy groups -OCH3 is 1. The Hall–Kier alpha value is -1.32. The third-order valence-corrected chi connectivity index (χ3v) is 3.91. The van der Waals surface area contributed by atoms with Crippen LogP contribution in [0.3, 0.4) is 0 Å². The normalized spacial score (nSPS) is 10.3. The van der Waals surface area contributed by atoms with Crippen molar-refractivity contribution in [2.45, 2.75) is 10.6 Å². The summed E-state index contributed by atoms with van der Waals surface area (Å²) in [7, 11) is 1.67. The van der Waals surface area contributed by atoms with Gasteiger partial charge in [-0.2, -0.15) is 0 Å². The number of nitrogen functional groups attached to an aromatic ring is 1. The van der Waals surface area contributed by atoms with Crippen LogP contribution >= 0.6 is 23.4 Å². The van der Waals surface area contributed by atoms with Gasteiger partial charge in [0.2, 0.25) is 0 Å². The molecule has 0 saturated carbocycles. The molecular formula is C14H14ClNOS. The average Bonchev–Trinajstić information content (AvgIpc) is 2.38. The van der Waals surface area contributed by atoms with Crippen LogP contribution in [-0.4, -0.2) is 7.11 Å². The molecule has 0 spiro atoms. The smallest absolute Gasteiger partial charge is 0.119 e. The van der Waals surface area contributed by atoms with Gasteiger partial charge >= 0.3 is 0 Å². The molecule has 0 fully saturated rings. The number of hydrogen-bond acceptors (Lipinski definition) is 3. The zero-order valence-electron chi connectivity index (χ0n) is 10.0. The zero-order chi connectivity index (χ0) is 13.0. The third kappa shape index (κ3) is 3.34. The standard InChI is InChI=1S/C14H14ClNOS/c1-17-12-3-2-4-13(8-12)18-9-10-5-6-11(16)7-14(10)15/h2-8H,9,16H2,1H3. The first kappa shape index (κ1) is 13.1. The fraction of sp³-hybridized carbons (Fsp3) is 0.143. The first-order valence-corrected chi connectivity index (χ1v) is 6.86. The van der Waals surface area contributed by atoms with Gasteiger partial charge < -0.3 is 10.5 Å². The maximum Gasteiger partial charge on any atom is 0.119 e. The predicted molar refractivity (Wildman–Crippen MR) is 78.4 cm³/mol. The minimum absolute atomic E-state index is 0.690. The number of hydrogen-bond donors (Lipinski definition) is 1. The molecule has 0 radical (unpaired) electrons. The molecule has 0 atom stereocenters. The van der Waals surface area contributed by atoms with Gasteiger partial charge in [0.1, 0.15) is 5.75 Å². The van der Waals surface area contributed by atoms with Crippen LogP contribution in [0.1, 0.15) is 5.56 Å². The number of thioether (sulfide) groups is 1. The summed E-state index contributed by atoms with van der Waals surface area (Å²) in [6.07, 6.45) is 0. The lowest BCUT2D eigenvalue weighted by Gasteiger charge is -2.06. The molecule has 2 aromatic carbocycles. The molecule has 0 unspecified atom stereocenters. The lowest BCUT2D eigenvalue weighted by Crippen LogP contribution is -1.88. The zero-order valence-corrected chi connectivity index (χ0v) is 11.6. The predicted octanol–water partition coefficient (Wildman–Crippen LogP) is 4.22. The quantitative estimate of drug-likeness (QED) is 0.672. The number of benzene rings is 2. The van der Waals surface area contributed by atoms with Crippen LogP contribution in [-0.2, 0) is 5.75 Å². The van der Waals surface area contributed by atoms with E-state index in [2.05, 4.69) is 6.07 Å². The minimum Gasteiger partial charge on any atom is -0.497 e. The van der Waals surface area contributed by atoms with Gasteiger partial charge in [-0.25, -0.2) is 0 Å². The molecule has 2 N–H and O–H groups in total. The summed E-state index contributed by atoms with van der Waals surface area (Å²) < 4.78 is 5.19. The number of nitrogens with two attached hydrogens (primary N) is 1. The van der Waals surface area contributed by atoms with Crippen LogP contribution in [0.5, 0.6) is 5.75 Å². The van der Waals surface area contributed by atoms with Crippen LogP contribution < -0.4 is 10.5 Å². The fourth-order valence-corrected chi connectivity index (χ4v) is 2.82. The van der Waals surface area contributed by atoms with Crippen LogP contribution in [0, 0.1) is 0 Å². The summed E-state index contributed by atoms with van der Waals surface area (Å²) in [6.45, 7) is 0. The van der Waals surface area contributed by atoms with E-state index in [4.69, 9.17) is 22.1 Å². The maximum absolute atomic E-state index is 6.14. The molecule has 4 heteroatoms. The Balaban J connectivity index is 2.06. The van der Waals surface area contributed by atoms with Crippen molar-refractivity contribution in [1.29, 1.82) is 0 Å². The van der Waals surface area contributed by atoms with Crippen molar-refractivity contribution in [2.75, 3.05) is 12.8 Å². The number of rotatable bonds is 4. The van der Waals surface area contributed by atoms with E-state index in [9.17, 15) is 0 Å². The van der Waals surface area contributed by atoms with Crippen molar-refractivity contribution in [3.63, 3.8) is 0 Å². The monoisotopic (exact) mass is 279 g/mol. The second-order valence-corrected chi connectivity index (χ2v) is 5.27. The number of halogens is 1. The Kier molecular flexibility index (Phi) is 4.39. The summed E-state index contributed by atoms with van der Waals surface area (Å²) in [6, 6.07) is 13.6. The van der Waals surface area contributed by atoms with Crippen LogP contribution in [0.15, 0.2) is 47.4 Å². The lowest BCUT2D eigenvalue weighted by molar-refractivity contribution is 0.413. The Morgan fingerprint density at radius 2 is 2.06 bits per heavy atom. The molecule has 0 saturated heterocycles. The average molecular weight is 280 g/mol. The highest BCUT2D eigenvalue weighted by molar-refractivity contribution is 7.98. The highest BCUT2D eigenvalue weighted by atomic mass is 35.5. The molecule has 0 aliphatic carbocycles. The molecule has 0 aliphatic rings. The molecule has 2 aromatic rings. The summed E-state index contributed by atoms with van der Waals surface area (Å²) in [5.74, 6) is 1.68. The van der Waals surface area contributed by atoms with Gasteiger partial charge in [0.15, 0.2) is 0 Å². The van der Waals surface area contributed by atoms with Crippen molar-refractivity contribution in [3.8, 4) is 5.75 Å². The molecule has 0 aromatic heterocycles. The van der Waals surface area contributed by atoms with E-state index in [1.165, 1.54) is 0 Å². The summed E-state index contributed by atoms with van der Waals surface area (Å²) in [5, 5.41) is 0.713. The topological polar surface area (TPSA) is 35.2 Å². The molecule has 2 rings (SSSR count). The van der Waals surface area contributed by atoms with Gasteiger partial charge in [-0.15, -0.1) is 11.8 Å². The third-order valence-electron chi connectivity index (χ3n) is 2.51. The largest absolute Gasteiger partial charge is 0.497 e. The Morgan fingerprint density at radius 3 is 2.78 bits per heavy atom. The van der Waals surface area contributed by atoms with E-state index in [-0.39, 0.29) is 0 Å². The second kappa shape index (κ2) is 6.03. The van der Waals surface area contributed by atoms with E-state index in [1.54, 1.807) is 24.9 Å². The van der Waals surface area contributed by atoms with Crippen molar-refractivity contribution >= 4 is 29.1 Å². The second-order valence-electron chi connectivity index (χ2n) is 3.82. The highest BCUT2D eigenvalue weighted by Crippen LogP contribution is 2.29. The maximum atomic E-state index is 6.14. The van der Waals surface area contributed by atoms with Crippen LogP contribution in [0.2, 0.25) is 5.02 Å². The lowest BCUT2D eigenvalue weighted by atomic mass is 10.2. The van der Waals surface area contributed by atoms with E-state index in [1.807, 2.05) is 30.3 Å². The SMILES string of the molecule is COc1cccc(SCc2ccc(N)cc2Cl)c1. The Morgan fingerprint density at radius 1 is 1.22 bits per heavy atom. The van der Waals surface area contributed by atoms with E-state index in [0.717, 1.165) is 22.0 Å². The van der Waals surface area contributed by atoms with Crippen molar-refractivity contribution in [1.82, 2.24) is 0 Å². The Bertz CT molecular complexity index is 545. The van der Waals surface area contributed by atoms with E-state index < -0.39 is 0 Å². The van der Waals surface area contributed by atoms with Crippen LogP contribution in [0.25, 0.3) is 0 Å². The van der Waals surface area contributed by atoms with Gasteiger partial charge in [0, 0.05) is 21.4 Å². The molecular weight excluding hydrogens is 266 g/mol. The van der Waals surface area contributed by atoms with Gasteiger partial charge in [-0.05, 0) is 35.9 Å². The van der Waals surface area contributed by atoms with Crippen molar-refractivity contribution < 1.29 is 4.74 Å². The summed E-state index contributed by atoms with van der Waals surface area (Å²) in [4.78, 5) is 1.15. The van der Waals surface area contributed by atoms with E-state index in [0.29, 0.717) is 10.7 Å². The first-order chi connectivity index (χ1) is 8.69. The van der Waals surface area contributed by atoms with Gasteiger partial charge in [-0.3, -0.25) is 0 Å². The van der Waals surface area contributed by atoms with Crippen molar-refractivity contribution in [3.05, 3.63) is 53.1 Å². The van der Waals surface area contributed by atoms with E-state index >= 15 is 0 Å². The van der Waals surface area contributed by atoms with Crippen molar-refractivity contribution in [2.24, 2.45) is 0 Å². The number of ether oxygens (including phenoxy) is 1. The van der Waals surface area contributed by atoms with Gasteiger partial charge in [-0.1, -0.05) is 23.7 Å². The molecule has 94 valence electrons. The molecule has 18 heavy (non-hydrogen) atoms.